The van der Waals surface area contributed by atoms with Gasteiger partial charge in [0.2, 0.25) is 0 Å². The number of thiophene rings is 1. The molecule has 0 radical (unpaired) electrons. The highest BCUT2D eigenvalue weighted by molar-refractivity contribution is 7.19. The number of nitrogens with zero attached hydrogens (tertiary/aromatic N) is 2. The van der Waals surface area contributed by atoms with Gasteiger partial charge in [0.05, 0.1) is 27.6 Å². The summed E-state index contributed by atoms with van der Waals surface area (Å²) in [6, 6.07) is 18.6. The van der Waals surface area contributed by atoms with E-state index < -0.39 is 23.8 Å². The number of ether oxygens (including phenoxy) is 1. The maximum Gasteiger partial charge on any atom is 0.328 e. The van der Waals surface area contributed by atoms with Gasteiger partial charge in [-0.3, -0.25) is 9.59 Å². The summed E-state index contributed by atoms with van der Waals surface area (Å²) in [6.45, 7) is 1.53. The lowest BCUT2D eigenvalue weighted by Gasteiger charge is -2.12. The van der Waals surface area contributed by atoms with Crippen LogP contribution in [-0.2, 0) is 9.53 Å². The van der Waals surface area contributed by atoms with E-state index in [1.165, 1.54) is 31.4 Å². The lowest BCUT2D eigenvalue weighted by Crippen LogP contribution is -2.39. The molecule has 0 saturated carbocycles. The number of rotatable bonds is 7. The topological polar surface area (TPSA) is 102 Å². The first-order chi connectivity index (χ1) is 16.9. The van der Waals surface area contributed by atoms with Crippen LogP contribution in [0, 0.1) is 0 Å². The van der Waals surface area contributed by atoms with Crippen molar-refractivity contribution in [3.05, 3.63) is 88.4 Å². The fraction of sp³-hybridized carbons (Fsp3) is 0.120. The van der Waals surface area contributed by atoms with Crippen LogP contribution < -0.4 is 10.6 Å². The highest BCUT2D eigenvalue weighted by Gasteiger charge is 2.21. The second kappa shape index (κ2) is 10.5. The van der Waals surface area contributed by atoms with Gasteiger partial charge in [0.15, 0.2) is 0 Å². The number of para-hydroxylation sites is 1. The van der Waals surface area contributed by atoms with Gasteiger partial charge in [-0.15, -0.1) is 11.3 Å². The summed E-state index contributed by atoms with van der Waals surface area (Å²) in [5.74, 6) is -1.42. The molecule has 10 heteroatoms. The summed E-state index contributed by atoms with van der Waals surface area (Å²) in [5.41, 5.74) is 2.33. The first-order valence-electron chi connectivity index (χ1n) is 10.6. The van der Waals surface area contributed by atoms with E-state index in [0.29, 0.717) is 21.3 Å². The molecule has 178 valence electrons. The molecule has 0 spiro atoms. The molecule has 0 fully saturated rings. The highest BCUT2D eigenvalue weighted by atomic mass is 35.5. The minimum Gasteiger partial charge on any atom is -0.467 e. The van der Waals surface area contributed by atoms with E-state index in [4.69, 9.17) is 11.6 Å². The largest absolute Gasteiger partial charge is 0.467 e. The molecule has 0 aliphatic heterocycles. The van der Waals surface area contributed by atoms with Crippen molar-refractivity contribution in [1.29, 1.82) is 0 Å². The van der Waals surface area contributed by atoms with Crippen LogP contribution in [0.1, 0.15) is 27.6 Å². The summed E-state index contributed by atoms with van der Waals surface area (Å²) in [4.78, 5) is 38.2. The maximum atomic E-state index is 13.3. The molecule has 4 rings (SSSR count). The van der Waals surface area contributed by atoms with Crippen molar-refractivity contribution in [1.82, 2.24) is 15.1 Å². The smallest absolute Gasteiger partial charge is 0.328 e. The summed E-state index contributed by atoms with van der Waals surface area (Å²) in [6.07, 6.45) is 1.65. The number of carbonyl (C=O) groups excluding carboxylic acids is 3. The number of nitrogens with one attached hydrogen (secondary N) is 2. The zero-order valence-corrected chi connectivity index (χ0v) is 20.4. The molecule has 8 nitrogen and oxygen atoms in total. The molecule has 0 bridgehead atoms. The van der Waals surface area contributed by atoms with Crippen LogP contribution in [0.25, 0.3) is 16.3 Å². The van der Waals surface area contributed by atoms with Crippen molar-refractivity contribution < 1.29 is 19.1 Å². The van der Waals surface area contributed by atoms with Crippen molar-refractivity contribution in [2.45, 2.75) is 13.0 Å². The number of esters is 1. The average molecular weight is 509 g/mol. The summed E-state index contributed by atoms with van der Waals surface area (Å²) in [7, 11) is 1.25. The predicted octanol–water partition coefficient (Wildman–Crippen LogP) is 4.80. The third-order valence-electron chi connectivity index (χ3n) is 5.07. The van der Waals surface area contributed by atoms with E-state index in [1.807, 2.05) is 36.4 Å². The SMILES string of the molecule is COC(=O)[C@@H](C)NC(=O)c1cccc(NC(=O)c2cn(-c3ccccc3)nc2-c2ccc(Cl)s2)c1. The normalized spacial score (nSPS) is 11.5. The van der Waals surface area contributed by atoms with E-state index in [1.54, 1.807) is 35.1 Å². The fourth-order valence-corrected chi connectivity index (χ4v) is 4.37. The Labute approximate surface area is 210 Å². The van der Waals surface area contributed by atoms with Crippen molar-refractivity contribution >= 4 is 46.4 Å². The zero-order chi connectivity index (χ0) is 24.9. The van der Waals surface area contributed by atoms with Gasteiger partial charge in [-0.2, -0.15) is 5.10 Å². The van der Waals surface area contributed by atoms with Crippen LogP contribution in [0.4, 0.5) is 5.69 Å². The van der Waals surface area contributed by atoms with Crippen molar-refractivity contribution in [2.75, 3.05) is 12.4 Å². The van der Waals surface area contributed by atoms with Gasteiger partial charge >= 0.3 is 5.97 Å². The highest BCUT2D eigenvalue weighted by Crippen LogP contribution is 2.33. The van der Waals surface area contributed by atoms with Crippen LogP contribution in [-0.4, -0.2) is 40.7 Å². The van der Waals surface area contributed by atoms with Gasteiger partial charge in [0.25, 0.3) is 11.8 Å². The van der Waals surface area contributed by atoms with E-state index >= 15 is 0 Å². The van der Waals surface area contributed by atoms with Crippen LogP contribution >= 0.6 is 22.9 Å². The summed E-state index contributed by atoms with van der Waals surface area (Å²) < 4.78 is 6.85. The number of methoxy groups -OCH3 is 1. The molecule has 35 heavy (non-hydrogen) atoms. The van der Waals surface area contributed by atoms with E-state index in [2.05, 4.69) is 20.5 Å². The van der Waals surface area contributed by atoms with Gasteiger partial charge in [-0.1, -0.05) is 35.9 Å². The summed E-state index contributed by atoms with van der Waals surface area (Å²) in [5, 5.41) is 10.0. The number of anilines is 1. The minimum atomic E-state index is -0.810. The number of hydrogen-bond acceptors (Lipinski definition) is 6. The summed E-state index contributed by atoms with van der Waals surface area (Å²) >= 11 is 7.45. The van der Waals surface area contributed by atoms with E-state index in [-0.39, 0.29) is 5.56 Å². The van der Waals surface area contributed by atoms with Gasteiger partial charge < -0.3 is 15.4 Å². The Hall–Kier alpha value is -3.95. The Kier molecular flexibility index (Phi) is 7.28. The molecule has 1 atom stereocenters. The van der Waals surface area contributed by atoms with E-state index in [9.17, 15) is 14.4 Å². The number of hydrogen-bond donors (Lipinski definition) is 2. The number of aromatic nitrogens is 2. The van der Waals surface area contributed by atoms with Crippen molar-refractivity contribution in [2.24, 2.45) is 0 Å². The fourth-order valence-electron chi connectivity index (χ4n) is 3.33. The third-order valence-corrected chi connectivity index (χ3v) is 6.31. The van der Waals surface area contributed by atoms with Crippen molar-refractivity contribution in [3.8, 4) is 16.3 Å². The quantitative estimate of drug-likeness (QED) is 0.349. The van der Waals surface area contributed by atoms with Gasteiger partial charge in [0, 0.05) is 17.4 Å². The number of benzene rings is 2. The standard InChI is InChI=1S/C25H21ClN4O4S/c1-15(25(33)34-2)27-23(31)16-7-6-8-17(13-16)28-24(32)19-14-30(18-9-4-3-5-10-18)29-22(19)20-11-12-21(26)35-20/h3-15H,1-2H3,(H,27,31)(H,28,32)/t15-/m1/s1. The van der Waals surface area contributed by atoms with Crippen molar-refractivity contribution in [3.63, 3.8) is 0 Å². The molecule has 4 aromatic rings. The Bertz CT molecular complexity index is 1380. The predicted molar refractivity (Wildman–Crippen MR) is 135 cm³/mol. The second-order valence-corrected chi connectivity index (χ2v) is 9.24. The molecule has 0 unspecified atom stereocenters. The first kappa shape index (κ1) is 24.2. The Balaban J connectivity index is 1.60. The molecular formula is C25H21ClN4O4S. The first-order valence-corrected chi connectivity index (χ1v) is 11.8. The van der Waals surface area contributed by atoms with Crippen LogP contribution in [0.15, 0.2) is 72.9 Å². The molecular weight excluding hydrogens is 488 g/mol. The molecule has 2 amide bonds. The number of carbonyl (C=O) groups is 3. The maximum absolute atomic E-state index is 13.3. The number of halogens is 1. The lowest BCUT2D eigenvalue weighted by molar-refractivity contribution is -0.142. The molecule has 0 aliphatic carbocycles. The van der Waals surface area contributed by atoms with Gasteiger partial charge in [0.1, 0.15) is 11.7 Å². The molecule has 2 aromatic carbocycles. The van der Waals surface area contributed by atoms with Crippen LogP contribution in [0.5, 0.6) is 0 Å². The third kappa shape index (κ3) is 5.59. The lowest BCUT2D eigenvalue weighted by atomic mass is 10.1. The minimum absolute atomic E-state index is 0.281. The van der Waals surface area contributed by atoms with Crippen LogP contribution in [0.2, 0.25) is 4.34 Å². The number of amides is 2. The molecule has 2 N–H and O–H groups in total. The molecule has 2 aromatic heterocycles. The Morgan fingerprint density at radius 3 is 2.49 bits per heavy atom. The zero-order valence-electron chi connectivity index (χ0n) is 18.8. The van der Waals surface area contributed by atoms with Gasteiger partial charge in [-0.25, -0.2) is 9.48 Å². The van der Waals surface area contributed by atoms with Crippen LogP contribution in [0.3, 0.4) is 0 Å². The van der Waals surface area contributed by atoms with Gasteiger partial charge in [-0.05, 0) is 49.4 Å². The molecule has 2 heterocycles. The Morgan fingerprint density at radius 1 is 1.03 bits per heavy atom. The second-order valence-electron chi connectivity index (χ2n) is 7.53. The monoisotopic (exact) mass is 508 g/mol. The Morgan fingerprint density at radius 2 is 1.80 bits per heavy atom. The average Bonchev–Trinajstić information content (AvgIpc) is 3.50. The molecule has 0 saturated heterocycles. The van der Waals surface area contributed by atoms with E-state index in [0.717, 1.165) is 10.6 Å². The molecule has 0 aliphatic rings.